The Morgan fingerprint density at radius 2 is 2.00 bits per heavy atom. The Labute approximate surface area is 159 Å². The first-order chi connectivity index (χ1) is 13.2. The molecular weight excluding hydrogens is 340 g/mol. The van der Waals surface area contributed by atoms with Crippen molar-refractivity contribution in [1.29, 1.82) is 0 Å². The van der Waals surface area contributed by atoms with E-state index in [4.69, 9.17) is 0 Å². The number of anilines is 1. The molecule has 1 saturated carbocycles. The number of nitrogens with one attached hydrogen (secondary N) is 1. The summed E-state index contributed by atoms with van der Waals surface area (Å²) in [5.74, 6) is 0.815. The number of aromatic nitrogens is 2. The van der Waals surface area contributed by atoms with Crippen LogP contribution < -0.4 is 5.32 Å². The summed E-state index contributed by atoms with van der Waals surface area (Å²) in [5, 5.41) is 7.45. The highest BCUT2D eigenvalue weighted by atomic mass is 16.2. The molecule has 27 heavy (non-hydrogen) atoms. The molecule has 0 spiro atoms. The maximum atomic E-state index is 12.8. The van der Waals surface area contributed by atoms with Crippen LogP contribution in [0.25, 0.3) is 0 Å². The molecule has 1 aromatic heterocycles. The van der Waals surface area contributed by atoms with Gasteiger partial charge < -0.3 is 10.2 Å². The number of hydrogen-bond acceptors (Lipinski definition) is 3. The lowest BCUT2D eigenvalue weighted by Gasteiger charge is -2.24. The average Bonchev–Trinajstić information content (AvgIpc) is 3.32. The van der Waals surface area contributed by atoms with Crippen molar-refractivity contribution >= 4 is 17.6 Å². The maximum absolute atomic E-state index is 12.8. The maximum Gasteiger partial charge on any atom is 0.256 e. The minimum atomic E-state index is -0.137. The van der Waals surface area contributed by atoms with Crippen LogP contribution in [0.4, 0.5) is 5.82 Å². The SMILES string of the molecule is O=C(Nc1ccnn1C1CCCCC1)c1cccc(CN2CCCC2=O)c1. The van der Waals surface area contributed by atoms with E-state index in [0.717, 1.165) is 37.2 Å². The van der Waals surface area contributed by atoms with Crippen LogP contribution in [0.3, 0.4) is 0 Å². The second-order valence-corrected chi connectivity index (χ2v) is 7.53. The lowest BCUT2D eigenvalue weighted by Crippen LogP contribution is -2.24. The van der Waals surface area contributed by atoms with Crippen LogP contribution in [0.15, 0.2) is 36.5 Å². The molecule has 1 aliphatic heterocycles. The zero-order valence-electron chi connectivity index (χ0n) is 15.6. The number of carbonyl (C=O) groups excluding carboxylic acids is 2. The normalized spacial score (nSPS) is 18.1. The fourth-order valence-electron chi connectivity index (χ4n) is 4.12. The average molecular weight is 366 g/mol. The highest BCUT2D eigenvalue weighted by Gasteiger charge is 2.21. The van der Waals surface area contributed by atoms with E-state index in [0.29, 0.717) is 24.6 Å². The molecule has 4 rings (SSSR count). The molecule has 2 heterocycles. The van der Waals surface area contributed by atoms with E-state index in [2.05, 4.69) is 10.4 Å². The Morgan fingerprint density at radius 1 is 1.15 bits per heavy atom. The number of amides is 2. The van der Waals surface area contributed by atoms with Crippen molar-refractivity contribution in [1.82, 2.24) is 14.7 Å². The van der Waals surface area contributed by atoms with E-state index in [-0.39, 0.29) is 11.8 Å². The first-order valence-electron chi connectivity index (χ1n) is 9.92. The lowest BCUT2D eigenvalue weighted by atomic mass is 9.96. The van der Waals surface area contributed by atoms with Crippen LogP contribution in [-0.2, 0) is 11.3 Å². The molecule has 2 fully saturated rings. The van der Waals surface area contributed by atoms with Crippen LogP contribution in [0, 0.1) is 0 Å². The second kappa shape index (κ2) is 7.94. The summed E-state index contributed by atoms with van der Waals surface area (Å²) >= 11 is 0. The van der Waals surface area contributed by atoms with Crippen molar-refractivity contribution in [3.05, 3.63) is 47.7 Å². The summed E-state index contributed by atoms with van der Waals surface area (Å²) in [6, 6.07) is 9.77. The number of benzene rings is 1. The third-order valence-electron chi connectivity index (χ3n) is 5.57. The molecule has 0 atom stereocenters. The highest BCUT2D eigenvalue weighted by Crippen LogP contribution is 2.30. The van der Waals surface area contributed by atoms with E-state index < -0.39 is 0 Å². The van der Waals surface area contributed by atoms with Gasteiger partial charge in [-0.3, -0.25) is 9.59 Å². The molecule has 2 amide bonds. The largest absolute Gasteiger partial charge is 0.338 e. The molecule has 6 nitrogen and oxygen atoms in total. The highest BCUT2D eigenvalue weighted by molar-refractivity contribution is 6.03. The summed E-state index contributed by atoms with van der Waals surface area (Å²) in [6.07, 6.45) is 9.25. The van der Waals surface area contributed by atoms with Crippen LogP contribution in [0.2, 0.25) is 0 Å². The minimum Gasteiger partial charge on any atom is -0.338 e. The van der Waals surface area contributed by atoms with E-state index in [1.54, 1.807) is 6.20 Å². The van der Waals surface area contributed by atoms with Crippen LogP contribution in [-0.4, -0.2) is 33.0 Å². The molecule has 1 saturated heterocycles. The molecule has 2 aliphatic rings. The predicted octanol–water partition coefficient (Wildman–Crippen LogP) is 3.76. The van der Waals surface area contributed by atoms with Crippen molar-refractivity contribution < 1.29 is 9.59 Å². The minimum absolute atomic E-state index is 0.137. The molecule has 1 N–H and O–H groups in total. The predicted molar refractivity (Wildman–Crippen MR) is 103 cm³/mol. The molecule has 142 valence electrons. The summed E-state index contributed by atoms with van der Waals surface area (Å²) in [4.78, 5) is 26.5. The van der Waals surface area contributed by atoms with E-state index in [1.165, 1.54) is 19.3 Å². The van der Waals surface area contributed by atoms with Gasteiger partial charge in [0.2, 0.25) is 5.91 Å². The van der Waals surface area contributed by atoms with Gasteiger partial charge >= 0.3 is 0 Å². The van der Waals surface area contributed by atoms with Crippen molar-refractivity contribution in [3.63, 3.8) is 0 Å². The van der Waals surface area contributed by atoms with Gasteiger partial charge in [0, 0.05) is 31.1 Å². The van der Waals surface area contributed by atoms with Crippen molar-refractivity contribution in [2.45, 2.75) is 57.5 Å². The standard InChI is InChI=1S/C21H26N4O2/c26-20-10-5-13-24(20)15-16-6-4-7-17(14-16)21(27)23-19-11-12-22-25(19)18-8-2-1-3-9-18/h4,6-7,11-12,14,18H,1-3,5,8-10,13,15H2,(H,23,27). The van der Waals surface area contributed by atoms with Crippen molar-refractivity contribution in [2.24, 2.45) is 0 Å². The smallest absolute Gasteiger partial charge is 0.256 e. The van der Waals surface area contributed by atoms with Gasteiger partial charge in [-0.15, -0.1) is 0 Å². The van der Waals surface area contributed by atoms with E-state index in [1.807, 2.05) is 39.9 Å². The third-order valence-corrected chi connectivity index (χ3v) is 5.57. The van der Waals surface area contributed by atoms with Gasteiger partial charge in [0.25, 0.3) is 5.91 Å². The van der Waals surface area contributed by atoms with Gasteiger partial charge in [-0.05, 0) is 37.0 Å². The van der Waals surface area contributed by atoms with Crippen LogP contribution in [0.5, 0.6) is 0 Å². The summed E-state index contributed by atoms with van der Waals surface area (Å²) in [5.41, 5.74) is 1.59. The zero-order valence-corrected chi connectivity index (χ0v) is 15.6. The molecule has 1 aliphatic carbocycles. The summed E-state index contributed by atoms with van der Waals surface area (Å²) < 4.78 is 1.96. The van der Waals surface area contributed by atoms with Gasteiger partial charge in [0.15, 0.2) is 0 Å². The Kier molecular flexibility index (Phi) is 5.23. The molecule has 0 unspecified atom stereocenters. The number of nitrogens with zero attached hydrogens (tertiary/aromatic N) is 3. The third kappa shape index (κ3) is 4.04. The number of likely N-dealkylation sites (tertiary alicyclic amines) is 1. The topological polar surface area (TPSA) is 67.2 Å². The van der Waals surface area contributed by atoms with Gasteiger partial charge in [0.1, 0.15) is 5.82 Å². The Morgan fingerprint density at radius 3 is 2.78 bits per heavy atom. The monoisotopic (exact) mass is 366 g/mol. The number of hydrogen-bond donors (Lipinski definition) is 1. The fraction of sp³-hybridized carbons (Fsp3) is 0.476. The van der Waals surface area contributed by atoms with Crippen molar-refractivity contribution in [2.75, 3.05) is 11.9 Å². The molecule has 1 aromatic carbocycles. The first kappa shape index (κ1) is 17.8. The molecular formula is C21H26N4O2. The van der Waals surface area contributed by atoms with E-state index in [9.17, 15) is 9.59 Å². The molecule has 2 aromatic rings. The summed E-state index contributed by atoms with van der Waals surface area (Å²) in [6.45, 7) is 1.37. The Balaban J connectivity index is 1.45. The summed E-state index contributed by atoms with van der Waals surface area (Å²) in [7, 11) is 0. The second-order valence-electron chi connectivity index (χ2n) is 7.53. The van der Waals surface area contributed by atoms with Gasteiger partial charge in [-0.2, -0.15) is 5.10 Å². The van der Waals surface area contributed by atoms with Gasteiger partial charge in [-0.25, -0.2) is 4.68 Å². The Bertz CT molecular complexity index is 823. The lowest BCUT2D eigenvalue weighted by molar-refractivity contribution is -0.128. The zero-order chi connectivity index (χ0) is 18.6. The van der Waals surface area contributed by atoms with Crippen molar-refractivity contribution in [3.8, 4) is 0 Å². The first-order valence-corrected chi connectivity index (χ1v) is 9.92. The van der Waals surface area contributed by atoms with Crippen LogP contribution in [0.1, 0.15) is 66.9 Å². The molecule has 6 heteroatoms. The number of carbonyl (C=O) groups is 2. The van der Waals surface area contributed by atoms with Gasteiger partial charge in [-0.1, -0.05) is 31.4 Å². The van der Waals surface area contributed by atoms with Crippen LogP contribution >= 0.6 is 0 Å². The quantitative estimate of drug-likeness (QED) is 0.876. The fourth-order valence-corrected chi connectivity index (χ4v) is 4.12. The van der Waals surface area contributed by atoms with Gasteiger partial charge in [0.05, 0.1) is 12.2 Å². The van der Waals surface area contributed by atoms with E-state index >= 15 is 0 Å². The Hall–Kier alpha value is -2.63. The number of rotatable bonds is 5. The molecule has 0 radical (unpaired) electrons. The molecule has 0 bridgehead atoms.